The number of rotatable bonds is 3. The highest BCUT2D eigenvalue weighted by Crippen LogP contribution is 2.33. The molecule has 4 heteroatoms. The Morgan fingerprint density at radius 2 is 2.00 bits per heavy atom. The number of fused-ring (bicyclic) bond motifs is 3. The monoisotopic (exact) mass is 298 g/mol. The first-order valence-corrected chi connectivity index (χ1v) is 7.89. The van der Waals surface area contributed by atoms with Gasteiger partial charge in [-0.05, 0) is 18.9 Å². The van der Waals surface area contributed by atoms with E-state index in [1.165, 1.54) is 27.7 Å². The van der Waals surface area contributed by atoms with E-state index < -0.39 is 0 Å². The summed E-state index contributed by atoms with van der Waals surface area (Å²) in [5.74, 6) is 0.282. The van der Waals surface area contributed by atoms with Crippen molar-refractivity contribution >= 4 is 22.6 Å². The maximum Gasteiger partial charge on any atom is 0.219 e. The van der Waals surface area contributed by atoms with Gasteiger partial charge in [0.25, 0.3) is 0 Å². The molecule has 1 aliphatic rings. The van der Waals surface area contributed by atoms with E-state index in [2.05, 4.69) is 29.7 Å². The first-order chi connectivity index (χ1) is 10.5. The standard InChI is InChI=1S/C18H22N2O2/c1-4-14-6-5-7-15-16-11-19(13(3)22)9-8-17(16)20(18(14)15)10-12(2)21/h5-7H,4,8-11H2,1-3H3. The summed E-state index contributed by atoms with van der Waals surface area (Å²) in [5, 5.41) is 1.20. The molecule has 0 spiro atoms. The number of Topliss-reactive ketones (excluding diaryl/α,β-unsaturated/α-hetero) is 1. The van der Waals surface area contributed by atoms with E-state index in [-0.39, 0.29) is 11.7 Å². The van der Waals surface area contributed by atoms with Crippen molar-refractivity contribution in [2.24, 2.45) is 0 Å². The molecular formula is C18H22N2O2. The van der Waals surface area contributed by atoms with Gasteiger partial charge in [0.15, 0.2) is 0 Å². The van der Waals surface area contributed by atoms with E-state index in [4.69, 9.17) is 0 Å². The van der Waals surface area contributed by atoms with Crippen molar-refractivity contribution < 1.29 is 9.59 Å². The number of benzene rings is 1. The predicted octanol–water partition coefficient (Wildman–Crippen LogP) is 2.70. The molecule has 0 fully saturated rings. The minimum atomic E-state index is 0.116. The molecule has 1 aromatic heterocycles. The molecular weight excluding hydrogens is 276 g/mol. The molecule has 0 saturated carbocycles. The van der Waals surface area contributed by atoms with Gasteiger partial charge < -0.3 is 9.47 Å². The van der Waals surface area contributed by atoms with Gasteiger partial charge in [-0.1, -0.05) is 25.1 Å². The third kappa shape index (κ3) is 2.32. The summed E-state index contributed by atoms with van der Waals surface area (Å²) >= 11 is 0. The van der Waals surface area contributed by atoms with Gasteiger partial charge in [-0.2, -0.15) is 0 Å². The lowest BCUT2D eigenvalue weighted by molar-refractivity contribution is -0.129. The van der Waals surface area contributed by atoms with Crippen LogP contribution >= 0.6 is 0 Å². The average molecular weight is 298 g/mol. The van der Waals surface area contributed by atoms with Gasteiger partial charge in [0.2, 0.25) is 5.91 Å². The van der Waals surface area contributed by atoms with Crippen LogP contribution in [0.2, 0.25) is 0 Å². The Morgan fingerprint density at radius 1 is 1.23 bits per heavy atom. The normalized spacial score (nSPS) is 14.2. The molecule has 0 atom stereocenters. The topological polar surface area (TPSA) is 42.3 Å². The average Bonchev–Trinajstić information content (AvgIpc) is 2.80. The number of carbonyl (C=O) groups is 2. The first kappa shape index (κ1) is 14.8. The Bertz CT molecular complexity index is 758. The smallest absolute Gasteiger partial charge is 0.219 e. The lowest BCUT2D eigenvalue weighted by Gasteiger charge is -2.27. The van der Waals surface area contributed by atoms with Crippen molar-refractivity contribution in [1.29, 1.82) is 0 Å². The highest BCUT2D eigenvalue weighted by molar-refractivity contribution is 5.90. The number of aromatic nitrogens is 1. The number of aryl methyl sites for hydroxylation is 1. The maximum atomic E-state index is 11.7. The zero-order valence-electron chi connectivity index (χ0n) is 13.5. The number of hydrogen-bond donors (Lipinski definition) is 0. The summed E-state index contributed by atoms with van der Waals surface area (Å²) in [7, 11) is 0. The lowest BCUT2D eigenvalue weighted by atomic mass is 10.0. The second kappa shape index (κ2) is 5.59. The van der Waals surface area contributed by atoms with Crippen molar-refractivity contribution in [3.8, 4) is 0 Å². The second-order valence-electron chi connectivity index (χ2n) is 6.07. The number of amides is 1. The van der Waals surface area contributed by atoms with Gasteiger partial charge in [0.05, 0.1) is 12.1 Å². The number of ketones is 1. The molecule has 116 valence electrons. The van der Waals surface area contributed by atoms with Crippen LogP contribution in [0.3, 0.4) is 0 Å². The summed E-state index contributed by atoms with van der Waals surface area (Å²) in [4.78, 5) is 25.3. The van der Waals surface area contributed by atoms with Crippen LogP contribution in [0, 0.1) is 0 Å². The number of para-hydroxylation sites is 1. The fourth-order valence-corrected chi connectivity index (χ4v) is 3.53. The van der Waals surface area contributed by atoms with Crippen molar-refractivity contribution in [3.63, 3.8) is 0 Å². The van der Waals surface area contributed by atoms with Crippen molar-refractivity contribution in [1.82, 2.24) is 9.47 Å². The number of hydrogen-bond acceptors (Lipinski definition) is 2. The Kier molecular flexibility index (Phi) is 3.77. The van der Waals surface area contributed by atoms with E-state index in [1.807, 2.05) is 4.90 Å². The molecule has 0 saturated heterocycles. The van der Waals surface area contributed by atoms with E-state index >= 15 is 0 Å². The SMILES string of the molecule is CCc1cccc2c3c(n(CC(C)=O)c12)CCN(C(C)=O)C3. The van der Waals surface area contributed by atoms with Crippen LogP contribution in [-0.4, -0.2) is 27.7 Å². The molecule has 0 N–H and O–H groups in total. The highest BCUT2D eigenvalue weighted by atomic mass is 16.2. The fourth-order valence-electron chi connectivity index (χ4n) is 3.53. The number of nitrogens with zero attached hydrogens (tertiary/aromatic N) is 2. The Hall–Kier alpha value is -2.10. The van der Waals surface area contributed by atoms with Crippen molar-refractivity contribution in [2.45, 2.75) is 46.7 Å². The third-order valence-electron chi connectivity index (χ3n) is 4.56. The minimum absolute atomic E-state index is 0.116. The summed E-state index contributed by atoms with van der Waals surface area (Å²) in [5.41, 5.74) is 4.88. The van der Waals surface area contributed by atoms with Gasteiger partial charge in [-0.25, -0.2) is 0 Å². The Labute approximate surface area is 130 Å². The molecule has 0 bridgehead atoms. The van der Waals surface area contributed by atoms with Crippen LogP contribution in [-0.2, 0) is 35.5 Å². The van der Waals surface area contributed by atoms with Gasteiger partial charge in [-0.3, -0.25) is 9.59 Å². The lowest BCUT2D eigenvalue weighted by Crippen LogP contribution is -2.34. The molecule has 0 unspecified atom stereocenters. The van der Waals surface area contributed by atoms with Gasteiger partial charge >= 0.3 is 0 Å². The van der Waals surface area contributed by atoms with Crippen LogP contribution in [0.4, 0.5) is 0 Å². The van der Waals surface area contributed by atoms with E-state index in [0.29, 0.717) is 13.1 Å². The van der Waals surface area contributed by atoms with Crippen LogP contribution in [0.15, 0.2) is 18.2 Å². The van der Waals surface area contributed by atoms with Gasteiger partial charge in [0.1, 0.15) is 5.78 Å². The van der Waals surface area contributed by atoms with E-state index in [1.54, 1.807) is 13.8 Å². The molecule has 3 rings (SSSR count). The fraction of sp³-hybridized carbons (Fsp3) is 0.444. The van der Waals surface area contributed by atoms with Crippen LogP contribution < -0.4 is 0 Å². The van der Waals surface area contributed by atoms with Crippen LogP contribution in [0.25, 0.3) is 10.9 Å². The summed E-state index contributed by atoms with van der Waals surface area (Å²) in [6.07, 6.45) is 1.76. The Balaban J connectivity index is 2.24. The molecule has 1 aliphatic heterocycles. The quantitative estimate of drug-likeness (QED) is 0.874. The zero-order chi connectivity index (χ0) is 15.9. The molecule has 1 amide bonds. The van der Waals surface area contributed by atoms with E-state index in [0.717, 1.165) is 19.4 Å². The highest BCUT2D eigenvalue weighted by Gasteiger charge is 2.26. The summed E-state index contributed by atoms with van der Waals surface area (Å²) < 4.78 is 2.18. The van der Waals surface area contributed by atoms with Crippen molar-refractivity contribution in [3.05, 3.63) is 35.0 Å². The van der Waals surface area contributed by atoms with Gasteiger partial charge in [-0.15, -0.1) is 0 Å². The van der Waals surface area contributed by atoms with Gasteiger partial charge in [0, 0.05) is 43.1 Å². The maximum absolute atomic E-state index is 11.7. The second-order valence-corrected chi connectivity index (χ2v) is 6.07. The summed E-state index contributed by atoms with van der Waals surface area (Å²) in [6, 6.07) is 6.33. The minimum Gasteiger partial charge on any atom is -0.338 e. The molecule has 4 nitrogen and oxygen atoms in total. The molecule has 0 radical (unpaired) electrons. The predicted molar refractivity (Wildman–Crippen MR) is 86.8 cm³/mol. The van der Waals surface area contributed by atoms with Crippen LogP contribution in [0.5, 0.6) is 0 Å². The largest absolute Gasteiger partial charge is 0.338 e. The molecule has 2 aromatic rings. The molecule has 2 heterocycles. The molecule has 0 aliphatic carbocycles. The first-order valence-electron chi connectivity index (χ1n) is 7.89. The van der Waals surface area contributed by atoms with Crippen LogP contribution in [0.1, 0.15) is 37.6 Å². The Morgan fingerprint density at radius 3 is 2.64 bits per heavy atom. The molecule has 22 heavy (non-hydrogen) atoms. The summed E-state index contributed by atoms with van der Waals surface area (Å²) in [6.45, 7) is 7.20. The molecule has 1 aromatic carbocycles. The third-order valence-corrected chi connectivity index (χ3v) is 4.56. The van der Waals surface area contributed by atoms with Crippen molar-refractivity contribution in [2.75, 3.05) is 6.54 Å². The zero-order valence-corrected chi connectivity index (χ0v) is 13.5. The van der Waals surface area contributed by atoms with E-state index in [9.17, 15) is 9.59 Å². The number of carbonyl (C=O) groups excluding carboxylic acids is 2.